The van der Waals surface area contributed by atoms with E-state index >= 15 is 0 Å². The average molecular weight is 1320 g/mol. The number of fused-ring (bicyclic) bond motifs is 12. The van der Waals surface area contributed by atoms with Gasteiger partial charge >= 0.3 is 11.9 Å². The van der Waals surface area contributed by atoms with Crippen LogP contribution in [0.3, 0.4) is 0 Å². The Kier molecular flexibility index (Phi) is 22.9. The summed E-state index contributed by atoms with van der Waals surface area (Å²) in [5.41, 5.74) is 0.293. The predicted octanol–water partition coefficient (Wildman–Crippen LogP) is 3.30. The Bertz CT molecular complexity index is 3690. The number of aromatic hydroxyl groups is 2. The third kappa shape index (κ3) is 15.8. The highest BCUT2D eigenvalue weighted by Crippen LogP contribution is 2.59. The lowest BCUT2D eigenvalue weighted by molar-refractivity contribution is -0.100. The molecule has 2 fully saturated rings. The summed E-state index contributed by atoms with van der Waals surface area (Å²) in [5.74, 6) is -1.17. The van der Waals surface area contributed by atoms with Gasteiger partial charge in [-0.15, -0.1) is 0 Å². The highest BCUT2D eigenvalue weighted by atomic mass is 17.2. The number of benzene rings is 6. The number of carbonyl (C=O) groups is 4. The molecule has 96 heavy (non-hydrogen) atoms. The Morgan fingerprint density at radius 1 is 0.406 bits per heavy atom. The molecule has 510 valence electrons. The maximum atomic E-state index is 14.0. The fraction of sp³-hybridized carbons (Fsp3) is 0.429. The molecule has 6 aliphatic rings. The van der Waals surface area contributed by atoms with Gasteiger partial charge in [0.25, 0.3) is 11.8 Å². The number of hydrogen-bond acceptors (Lipinski definition) is 24. The zero-order chi connectivity index (χ0) is 66.1. The third-order valence-electron chi connectivity index (χ3n) is 17.5. The number of hydrogen-bond donors (Lipinski definition) is 10. The minimum absolute atomic E-state index is 0.0961. The number of ether oxygens (including phenoxy) is 8. The van der Waals surface area contributed by atoms with Gasteiger partial charge < -0.3 is 90.6 Å². The summed E-state index contributed by atoms with van der Waals surface area (Å²) in [6, 6.07) is 28.2. The van der Waals surface area contributed by atoms with Gasteiger partial charge in [0.15, 0.2) is 22.7 Å². The Hall–Kier alpha value is -8.48. The third-order valence-corrected chi connectivity index (χ3v) is 17.5. The van der Waals surface area contributed by atoms with E-state index in [1.54, 1.807) is 78.9 Å². The first-order valence-corrected chi connectivity index (χ1v) is 33.1. The summed E-state index contributed by atoms with van der Waals surface area (Å²) in [5, 5.41) is 47.9. The topological polar surface area (TPSA) is 304 Å². The van der Waals surface area contributed by atoms with Gasteiger partial charge in [-0.1, -0.05) is 6.07 Å². The van der Waals surface area contributed by atoms with E-state index in [-0.39, 0.29) is 94.6 Å². The summed E-state index contributed by atoms with van der Waals surface area (Å²) in [7, 11) is 0. The molecule has 0 aromatic heterocycles. The molecule has 0 bridgehead atoms. The summed E-state index contributed by atoms with van der Waals surface area (Å²) in [4.78, 5) is 71.8. The standard InChI is InChI=1S/C70H84N10O16/c81-49-3-9-56-61(43-49)91-63-45-51(5-11-58(63)69(56)55-8-2-47(41-54(55)68(86)94-69)65(83)77-25-33-87-37-39-89-35-31-79-27-21-73-17-13-71-14-18-74-22-28-79)95-96-52-6-12-59-64(46-52)92-62-44-50(82)4-10-57(62)70(59)60-42-48(1-7-53(60)67(85)93-70)66(84)78-26-34-88-38-40-90-36-32-80-29-23-75-19-15-72-16-20-76-24-30-80/h1-12,41-46,71-76,81-82H,13-40H2,(H,77,83)(H,78,84). The van der Waals surface area contributed by atoms with Crippen LogP contribution < -0.4 is 61.8 Å². The molecular weight excluding hydrogens is 1240 g/mol. The van der Waals surface area contributed by atoms with Crippen LogP contribution in [-0.2, 0) is 39.6 Å². The monoisotopic (exact) mass is 1320 g/mol. The fourth-order valence-corrected chi connectivity index (χ4v) is 12.7. The zero-order valence-electron chi connectivity index (χ0n) is 53.7. The van der Waals surface area contributed by atoms with E-state index in [1.807, 2.05) is 0 Å². The molecule has 26 nitrogen and oxygen atoms in total. The SMILES string of the molecule is O=C(NCCOCCOCCN1CCNCCNCCNCC1)c1ccc2c(c1)C(=O)OC21c2ccc(O)cc2Oc2cc(OOc3ccc4c(c3)Oc3cc(O)ccc3C43OC(=O)c4ccc(C(=O)NCCOCCOCCN5CCNCCNCCNCC5)cc43)ccc21. The number of phenolic OH excluding ortho intramolecular Hbond substituents is 2. The Morgan fingerprint density at radius 3 is 1.25 bits per heavy atom. The lowest BCUT2D eigenvalue weighted by Gasteiger charge is -2.36. The molecule has 6 aliphatic heterocycles. The number of esters is 2. The maximum absolute atomic E-state index is 14.0. The van der Waals surface area contributed by atoms with Gasteiger partial charge in [-0.3, -0.25) is 29.2 Å². The summed E-state index contributed by atoms with van der Waals surface area (Å²) < 4.78 is 48.8. The van der Waals surface area contributed by atoms with E-state index in [9.17, 15) is 29.4 Å². The second-order valence-electron chi connectivity index (χ2n) is 23.9. The van der Waals surface area contributed by atoms with Gasteiger partial charge in [0, 0.05) is 200 Å². The van der Waals surface area contributed by atoms with Crippen molar-refractivity contribution >= 4 is 23.8 Å². The van der Waals surface area contributed by atoms with Crippen molar-refractivity contribution < 1.29 is 77.1 Å². The van der Waals surface area contributed by atoms with Crippen molar-refractivity contribution in [2.45, 2.75) is 11.2 Å². The van der Waals surface area contributed by atoms with Crippen LogP contribution in [0, 0.1) is 0 Å². The van der Waals surface area contributed by atoms with Crippen molar-refractivity contribution in [1.82, 2.24) is 52.3 Å². The molecule has 6 aromatic carbocycles. The highest BCUT2D eigenvalue weighted by Gasteiger charge is 2.55. The van der Waals surface area contributed by atoms with E-state index < -0.39 is 35.0 Å². The van der Waals surface area contributed by atoms with E-state index in [4.69, 9.17) is 47.7 Å². The minimum Gasteiger partial charge on any atom is -0.508 e. The molecule has 10 N–H and O–H groups in total. The summed E-state index contributed by atoms with van der Waals surface area (Å²) in [6.45, 7) is 20.3. The van der Waals surface area contributed by atoms with Crippen molar-refractivity contribution in [3.63, 3.8) is 0 Å². The molecule has 2 spiro atoms. The van der Waals surface area contributed by atoms with Crippen molar-refractivity contribution in [3.8, 4) is 46.0 Å². The fourth-order valence-electron chi connectivity index (χ4n) is 12.7. The largest absolute Gasteiger partial charge is 0.508 e. The van der Waals surface area contributed by atoms with E-state index in [0.29, 0.717) is 73.0 Å². The van der Waals surface area contributed by atoms with Gasteiger partial charge in [0.05, 0.1) is 64.0 Å². The normalized spacial score (nSPS) is 19.8. The molecule has 2 unspecified atom stereocenters. The van der Waals surface area contributed by atoms with Crippen LogP contribution >= 0.6 is 0 Å². The molecule has 0 saturated carbocycles. The van der Waals surface area contributed by atoms with Gasteiger partial charge in [-0.2, -0.15) is 0 Å². The first-order valence-electron chi connectivity index (χ1n) is 33.1. The Balaban J connectivity index is 0.663. The maximum Gasteiger partial charge on any atom is 0.340 e. The molecule has 0 radical (unpaired) electrons. The number of carbonyl (C=O) groups excluding carboxylic acids is 4. The highest BCUT2D eigenvalue weighted by molar-refractivity contribution is 6.02. The van der Waals surface area contributed by atoms with Crippen LogP contribution in [-0.4, -0.2) is 228 Å². The van der Waals surface area contributed by atoms with Crippen molar-refractivity contribution in [2.24, 2.45) is 0 Å². The van der Waals surface area contributed by atoms with E-state index in [2.05, 4.69) is 52.3 Å². The quantitative estimate of drug-likeness (QED) is 0.0190. The van der Waals surface area contributed by atoms with Crippen LogP contribution in [0.2, 0.25) is 0 Å². The molecule has 2 saturated heterocycles. The van der Waals surface area contributed by atoms with Crippen molar-refractivity contribution in [2.75, 3.05) is 184 Å². The van der Waals surface area contributed by atoms with E-state index in [0.717, 1.165) is 118 Å². The molecule has 26 heteroatoms. The number of phenols is 2. The lowest BCUT2D eigenvalue weighted by Crippen LogP contribution is -2.42. The van der Waals surface area contributed by atoms with Gasteiger partial charge in [0.1, 0.15) is 34.5 Å². The average Bonchev–Trinajstić information content (AvgIpc) is 1.45. The van der Waals surface area contributed by atoms with Crippen LogP contribution in [0.5, 0.6) is 46.0 Å². The number of nitrogens with one attached hydrogen (secondary N) is 8. The first-order chi connectivity index (χ1) is 47.1. The summed E-state index contributed by atoms with van der Waals surface area (Å²) >= 11 is 0. The van der Waals surface area contributed by atoms with Crippen LogP contribution in [0.4, 0.5) is 0 Å². The molecule has 6 heterocycles. The predicted molar refractivity (Wildman–Crippen MR) is 352 cm³/mol. The Labute approximate surface area is 556 Å². The molecule has 12 rings (SSSR count). The molecule has 0 aliphatic carbocycles. The van der Waals surface area contributed by atoms with Crippen LogP contribution in [0.15, 0.2) is 109 Å². The summed E-state index contributed by atoms with van der Waals surface area (Å²) in [6.07, 6.45) is 0. The molecular formula is C70H84N10O16. The van der Waals surface area contributed by atoms with Crippen LogP contribution in [0.25, 0.3) is 0 Å². The van der Waals surface area contributed by atoms with Crippen molar-refractivity contribution in [1.29, 1.82) is 0 Å². The first kappa shape index (κ1) is 67.5. The number of nitrogens with zero attached hydrogens (tertiary/aromatic N) is 2. The number of amides is 2. The smallest absolute Gasteiger partial charge is 0.340 e. The molecule has 2 amide bonds. The van der Waals surface area contributed by atoms with Crippen molar-refractivity contribution in [3.05, 3.63) is 165 Å². The van der Waals surface area contributed by atoms with Crippen LogP contribution in [0.1, 0.15) is 74.8 Å². The zero-order valence-corrected chi connectivity index (χ0v) is 53.7. The Morgan fingerprint density at radius 2 is 0.781 bits per heavy atom. The van der Waals surface area contributed by atoms with Gasteiger partial charge in [-0.05, 0) is 78.9 Å². The second kappa shape index (κ2) is 32.5. The van der Waals surface area contributed by atoms with Gasteiger partial charge in [-0.25, -0.2) is 9.59 Å². The number of rotatable bonds is 23. The second-order valence-corrected chi connectivity index (χ2v) is 23.9. The van der Waals surface area contributed by atoms with Gasteiger partial charge in [0.2, 0.25) is 0 Å². The molecule has 2 atom stereocenters. The minimum atomic E-state index is -1.61. The molecule has 6 aromatic rings. The lowest BCUT2D eigenvalue weighted by atomic mass is 9.77. The van der Waals surface area contributed by atoms with E-state index in [1.165, 1.54) is 30.3 Å².